The molecular weight excluding hydrogens is 180 g/mol. The molecule has 0 saturated heterocycles. The maximum atomic E-state index is 10.3. The van der Waals surface area contributed by atoms with E-state index in [0.29, 0.717) is 19.4 Å². The maximum Gasteiger partial charge on any atom is 0.303 e. The van der Waals surface area contributed by atoms with Crippen molar-refractivity contribution in [2.24, 2.45) is 0 Å². The van der Waals surface area contributed by atoms with Gasteiger partial charge in [0.15, 0.2) is 0 Å². The summed E-state index contributed by atoms with van der Waals surface area (Å²) >= 11 is 0. The van der Waals surface area contributed by atoms with Gasteiger partial charge in [0, 0.05) is 13.0 Å². The van der Waals surface area contributed by atoms with Gasteiger partial charge in [-0.3, -0.25) is 10.1 Å². The predicted molar refractivity (Wildman–Crippen MR) is 53.7 cm³/mol. The topological polar surface area (TPSA) is 73.1 Å². The Balaban J connectivity index is 3.93. The van der Waals surface area contributed by atoms with Crippen LogP contribution in [-0.4, -0.2) is 23.2 Å². The number of nitrogens with zero attached hydrogens (tertiary/aromatic N) is 1. The van der Waals surface area contributed by atoms with Crippen LogP contribution < -0.4 is 5.32 Å². The van der Waals surface area contributed by atoms with Crippen LogP contribution in [-0.2, 0) is 4.79 Å². The summed E-state index contributed by atoms with van der Waals surface area (Å²) in [5, 5.41) is 20.3. The van der Waals surface area contributed by atoms with Gasteiger partial charge >= 0.3 is 5.97 Å². The standard InChI is InChI=1S/C10H16N2O2/c1-3-7-12-10(2,8-11)6-4-5-9(13)14/h3,12H,1,4-7H2,2H3,(H,13,14). The lowest BCUT2D eigenvalue weighted by Gasteiger charge is -2.21. The van der Waals surface area contributed by atoms with Crippen LogP contribution in [0.2, 0.25) is 0 Å². The minimum atomic E-state index is -0.825. The van der Waals surface area contributed by atoms with Gasteiger partial charge in [0.05, 0.1) is 6.07 Å². The van der Waals surface area contributed by atoms with E-state index in [1.807, 2.05) is 0 Å². The summed E-state index contributed by atoms with van der Waals surface area (Å²) in [6.07, 6.45) is 2.81. The molecule has 2 N–H and O–H groups in total. The van der Waals surface area contributed by atoms with Gasteiger partial charge in [0.1, 0.15) is 5.54 Å². The van der Waals surface area contributed by atoms with Crippen molar-refractivity contribution >= 4 is 5.97 Å². The van der Waals surface area contributed by atoms with Crippen molar-refractivity contribution in [3.05, 3.63) is 12.7 Å². The molecule has 0 rings (SSSR count). The van der Waals surface area contributed by atoms with Gasteiger partial charge in [-0.25, -0.2) is 0 Å². The summed E-state index contributed by atoms with van der Waals surface area (Å²) < 4.78 is 0. The molecule has 0 amide bonds. The zero-order valence-electron chi connectivity index (χ0n) is 8.42. The molecule has 0 radical (unpaired) electrons. The van der Waals surface area contributed by atoms with E-state index in [4.69, 9.17) is 10.4 Å². The average Bonchev–Trinajstić information content (AvgIpc) is 2.14. The number of hydrogen-bond acceptors (Lipinski definition) is 3. The summed E-state index contributed by atoms with van der Waals surface area (Å²) in [6.45, 7) is 5.86. The van der Waals surface area contributed by atoms with Crippen LogP contribution in [0.4, 0.5) is 0 Å². The van der Waals surface area contributed by atoms with Crippen LogP contribution in [0, 0.1) is 11.3 Å². The normalized spacial score (nSPS) is 14.0. The Bertz CT molecular complexity index is 245. The predicted octanol–water partition coefficient (Wildman–Crippen LogP) is 1.30. The second-order valence-corrected chi connectivity index (χ2v) is 3.36. The third-order valence-electron chi connectivity index (χ3n) is 1.95. The molecule has 0 bridgehead atoms. The van der Waals surface area contributed by atoms with E-state index in [9.17, 15) is 4.79 Å². The molecule has 4 nitrogen and oxygen atoms in total. The summed E-state index contributed by atoms with van der Waals surface area (Å²) in [6, 6.07) is 2.14. The number of rotatable bonds is 7. The molecule has 0 heterocycles. The highest BCUT2D eigenvalue weighted by Crippen LogP contribution is 2.12. The molecule has 0 aromatic heterocycles. The number of nitriles is 1. The Morgan fingerprint density at radius 1 is 1.79 bits per heavy atom. The number of nitrogens with one attached hydrogen (secondary N) is 1. The molecule has 14 heavy (non-hydrogen) atoms. The van der Waals surface area contributed by atoms with Gasteiger partial charge in [-0.15, -0.1) is 6.58 Å². The fourth-order valence-electron chi connectivity index (χ4n) is 1.07. The summed E-state index contributed by atoms with van der Waals surface area (Å²) in [5.74, 6) is -0.825. The molecule has 1 atom stereocenters. The SMILES string of the molecule is C=CCNC(C)(C#N)CCCC(=O)O. The Morgan fingerprint density at radius 2 is 2.43 bits per heavy atom. The largest absolute Gasteiger partial charge is 0.481 e. The van der Waals surface area contributed by atoms with Gasteiger partial charge in [-0.1, -0.05) is 6.08 Å². The first-order valence-electron chi connectivity index (χ1n) is 4.53. The zero-order valence-corrected chi connectivity index (χ0v) is 8.42. The minimum Gasteiger partial charge on any atom is -0.481 e. The fraction of sp³-hybridized carbons (Fsp3) is 0.600. The Hall–Kier alpha value is -1.34. The molecule has 4 heteroatoms. The molecule has 0 aromatic carbocycles. The van der Waals surface area contributed by atoms with Crippen LogP contribution >= 0.6 is 0 Å². The van der Waals surface area contributed by atoms with Gasteiger partial charge in [-0.05, 0) is 19.8 Å². The van der Waals surface area contributed by atoms with E-state index in [1.54, 1.807) is 13.0 Å². The lowest BCUT2D eigenvalue weighted by Crippen LogP contribution is -2.40. The lowest BCUT2D eigenvalue weighted by molar-refractivity contribution is -0.137. The van der Waals surface area contributed by atoms with Crippen LogP contribution in [0.1, 0.15) is 26.2 Å². The monoisotopic (exact) mass is 196 g/mol. The van der Waals surface area contributed by atoms with Gasteiger partial charge in [0.2, 0.25) is 0 Å². The molecule has 0 spiro atoms. The highest BCUT2D eigenvalue weighted by Gasteiger charge is 2.21. The second kappa shape index (κ2) is 6.17. The van der Waals surface area contributed by atoms with Gasteiger partial charge in [0.25, 0.3) is 0 Å². The van der Waals surface area contributed by atoms with E-state index in [2.05, 4.69) is 18.0 Å². The Morgan fingerprint density at radius 3 is 2.86 bits per heavy atom. The molecule has 0 aliphatic rings. The van der Waals surface area contributed by atoms with Crippen LogP contribution in [0.25, 0.3) is 0 Å². The quantitative estimate of drug-likeness (QED) is 0.602. The van der Waals surface area contributed by atoms with E-state index in [-0.39, 0.29) is 6.42 Å². The smallest absolute Gasteiger partial charge is 0.303 e. The number of hydrogen-bond donors (Lipinski definition) is 2. The van der Waals surface area contributed by atoms with E-state index in [0.717, 1.165) is 0 Å². The van der Waals surface area contributed by atoms with Gasteiger partial charge in [-0.2, -0.15) is 5.26 Å². The number of aliphatic carboxylic acids is 1. The van der Waals surface area contributed by atoms with Crippen molar-refractivity contribution in [1.82, 2.24) is 5.32 Å². The van der Waals surface area contributed by atoms with Crippen molar-refractivity contribution in [3.8, 4) is 6.07 Å². The van der Waals surface area contributed by atoms with Crippen molar-refractivity contribution in [1.29, 1.82) is 5.26 Å². The van der Waals surface area contributed by atoms with Crippen LogP contribution in [0.15, 0.2) is 12.7 Å². The summed E-state index contributed by atoms with van der Waals surface area (Å²) in [4.78, 5) is 10.3. The third kappa shape index (κ3) is 5.33. The van der Waals surface area contributed by atoms with Crippen molar-refractivity contribution in [3.63, 3.8) is 0 Å². The first-order chi connectivity index (χ1) is 6.54. The molecule has 0 fully saturated rings. The highest BCUT2D eigenvalue weighted by molar-refractivity contribution is 5.66. The molecule has 0 aromatic rings. The maximum absolute atomic E-state index is 10.3. The average molecular weight is 196 g/mol. The molecule has 0 aliphatic heterocycles. The fourth-order valence-corrected chi connectivity index (χ4v) is 1.07. The Labute approximate surface area is 84.2 Å². The van der Waals surface area contributed by atoms with E-state index >= 15 is 0 Å². The van der Waals surface area contributed by atoms with E-state index in [1.165, 1.54) is 0 Å². The second-order valence-electron chi connectivity index (χ2n) is 3.36. The lowest BCUT2D eigenvalue weighted by atomic mass is 9.96. The van der Waals surface area contributed by atoms with Crippen molar-refractivity contribution < 1.29 is 9.90 Å². The number of carboxylic acids is 1. The highest BCUT2D eigenvalue weighted by atomic mass is 16.4. The van der Waals surface area contributed by atoms with Crippen LogP contribution in [0.5, 0.6) is 0 Å². The minimum absolute atomic E-state index is 0.104. The first-order valence-corrected chi connectivity index (χ1v) is 4.53. The molecule has 1 unspecified atom stereocenters. The van der Waals surface area contributed by atoms with E-state index < -0.39 is 11.5 Å². The Kier molecular flexibility index (Phi) is 5.58. The summed E-state index contributed by atoms with van der Waals surface area (Å²) in [7, 11) is 0. The molecular formula is C10H16N2O2. The summed E-state index contributed by atoms with van der Waals surface area (Å²) in [5.41, 5.74) is -0.649. The number of carboxylic acid groups (broad SMARTS) is 1. The zero-order chi connectivity index (χ0) is 11.0. The first kappa shape index (κ1) is 12.7. The van der Waals surface area contributed by atoms with Crippen molar-refractivity contribution in [2.75, 3.05) is 6.54 Å². The van der Waals surface area contributed by atoms with Crippen molar-refractivity contribution in [2.45, 2.75) is 31.7 Å². The molecule has 0 aliphatic carbocycles. The van der Waals surface area contributed by atoms with Gasteiger partial charge < -0.3 is 5.11 Å². The molecule has 0 saturated carbocycles. The van der Waals surface area contributed by atoms with Crippen LogP contribution in [0.3, 0.4) is 0 Å². The number of carbonyl (C=O) groups is 1. The third-order valence-corrected chi connectivity index (χ3v) is 1.95. The molecule has 78 valence electrons.